The van der Waals surface area contributed by atoms with E-state index in [1.165, 1.54) is 60.8 Å². The summed E-state index contributed by atoms with van der Waals surface area (Å²) in [7, 11) is 0. The number of rotatable bonds is 6. The van der Waals surface area contributed by atoms with Crippen molar-refractivity contribution >= 4 is 27.8 Å². The van der Waals surface area contributed by atoms with Crippen molar-refractivity contribution in [3.8, 4) is 44.9 Å². The second-order valence-electron chi connectivity index (χ2n) is 17.6. The zero-order valence-electron chi connectivity index (χ0n) is 35.9. The molecule has 0 radical (unpaired) electrons. The third-order valence-electron chi connectivity index (χ3n) is 13.8. The van der Waals surface area contributed by atoms with Crippen molar-refractivity contribution in [3.63, 3.8) is 0 Å². The number of nitrogens with zero attached hydrogens (tertiary/aromatic N) is 1. The molecule has 12 rings (SSSR count). The van der Waals surface area contributed by atoms with Gasteiger partial charge < -0.3 is 9.64 Å². The van der Waals surface area contributed by atoms with E-state index in [1.54, 1.807) is 0 Å². The molecule has 0 amide bonds. The number of anilines is 3. The van der Waals surface area contributed by atoms with Gasteiger partial charge in [0.1, 0.15) is 11.5 Å². The normalized spacial score (nSPS) is 15.3. The molecule has 1 atom stereocenters. The zero-order chi connectivity index (χ0) is 42.8. The van der Waals surface area contributed by atoms with Crippen LogP contribution in [0.5, 0.6) is 11.5 Å². The lowest BCUT2D eigenvalue weighted by Crippen LogP contribution is -2.43. The zero-order valence-corrected chi connectivity index (χ0v) is 35.9. The summed E-state index contributed by atoms with van der Waals surface area (Å²) in [4.78, 5) is 2.34. The Labute approximate surface area is 375 Å². The van der Waals surface area contributed by atoms with Gasteiger partial charge in [-0.05, 0) is 103 Å². The third kappa shape index (κ3) is 5.80. The van der Waals surface area contributed by atoms with Gasteiger partial charge in [0.2, 0.25) is 0 Å². The van der Waals surface area contributed by atoms with Crippen LogP contribution in [-0.4, -0.2) is 0 Å². The molecule has 1 aliphatic carbocycles. The summed E-state index contributed by atoms with van der Waals surface area (Å²) in [5.74, 6) is 1.78. The molecule has 64 heavy (non-hydrogen) atoms. The van der Waals surface area contributed by atoms with E-state index in [-0.39, 0.29) is 5.41 Å². The molecule has 1 spiro atoms. The average Bonchev–Trinajstić information content (AvgIpc) is 3.36. The average molecular weight is 820 g/mol. The van der Waals surface area contributed by atoms with E-state index in [9.17, 15) is 0 Å². The number of fused-ring (bicyclic) bond motifs is 10. The number of ether oxygens (including phenoxy) is 1. The van der Waals surface area contributed by atoms with Crippen molar-refractivity contribution in [2.75, 3.05) is 4.90 Å². The molecule has 1 heterocycles. The van der Waals surface area contributed by atoms with Gasteiger partial charge in [-0.1, -0.05) is 208 Å². The second-order valence-corrected chi connectivity index (χ2v) is 17.6. The second kappa shape index (κ2) is 14.9. The molecule has 0 fully saturated rings. The van der Waals surface area contributed by atoms with E-state index >= 15 is 0 Å². The van der Waals surface area contributed by atoms with Crippen LogP contribution in [0.15, 0.2) is 237 Å². The fraction of sp³-hybridized carbons (Fsp3) is 0.0645. The SMILES string of the molecule is CC1(C)c2ccccc2C2(c3ccccc3Oc3c(-c4ccc(N(c5ccc(-c6ccccc6)cc5)c5ccc(-c6ccccc6)cc5)cc4)cccc32)c2ccc3ccccc3c21. The molecule has 0 N–H and O–H groups in total. The first-order valence-electron chi connectivity index (χ1n) is 22.3. The van der Waals surface area contributed by atoms with Crippen LogP contribution in [0.2, 0.25) is 0 Å². The van der Waals surface area contributed by atoms with Gasteiger partial charge in [-0.3, -0.25) is 0 Å². The van der Waals surface area contributed by atoms with Crippen LogP contribution >= 0.6 is 0 Å². The Morgan fingerprint density at radius 3 is 1.45 bits per heavy atom. The molecule has 1 unspecified atom stereocenters. The van der Waals surface area contributed by atoms with Crippen LogP contribution in [0.25, 0.3) is 44.2 Å². The van der Waals surface area contributed by atoms with Crippen molar-refractivity contribution in [1.82, 2.24) is 0 Å². The Morgan fingerprint density at radius 2 is 0.828 bits per heavy atom. The van der Waals surface area contributed by atoms with Crippen LogP contribution in [0.3, 0.4) is 0 Å². The maximum Gasteiger partial charge on any atom is 0.140 e. The Kier molecular flexibility index (Phi) is 8.77. The Hall–Kier alpha value is -7.94. The number of hydrogen-bond donors (Lipinski definition) is 0. The lowest BCUT2D eigenvalue weighted by Gasteiger charge is -2.50. The molecular weight excluding hydrogens is 775 g/mol. The van der Waals surface area contributed by atoms with Crippen LogP contribution < -0.4 is 9.64 Å². The van der Waals surface area contributed by atoms with Crippen molar-refractivity contribution in [2.24, 2.45) is 0 Å². The molecule has 2 aliphatic rings. The minimum atomic E-state index is -0.611. The first-order valence-corrected chi connectivity index (χ1v) is 22.3. The Morgan fingerprint density at radius 1 is 0.344 bits per heavy atom. The van der Waals surface area contributed by atoms with E-state index in [0.717, 1.165) is 45.3 Å². The highest BCUT2D eigenvalue weighted by Gasteiger charge is 2.53. The predicted octanol–water partition coefficient (Wildman–Crippen LogP) is 16.4. The lowest BCUT2D eigenvalue weighted by molar-refractivity contribution is 0.427. The maximum atomic E-state index is 7.16. The van der Waals surface area contributed by atoms with Gasteiger partial charge >= 0.3 is 0 Å². The highest BCUT2D eigenvalue weighted by molar-refractivity contribution is 5.93. The largest absolute Gasteiger partial charge is 0.456 e. The summed E-state index contributed by atoms with van der Waals surface area (Å²) in [5.41, 5.74) is 17.0. The Bertz CT molecular complexity index is 3270. The molecule has 0 saturated carbocycles. The molecule has 2 heteroatoms. The number of benzene rings is 10. The minimum absolute atomic E-state index is 0.242. The van der Waals surface area contributed by atoms with Crippen LogP contribution in [-0.2, 0) is 10.8 Å². The maximum absolute atomic E-state index is 7.16. The van der Waals surface area contributed by atoms with Crippen LogP contribution in [0, 0.1) is 0 Å². The summed E-state index contributed by atoms with van der Waals surface area (Å²) < 4.78 is 7.16. The van der Waals surface area contributed by atoms with Gasteiger partial charge in [-0.25, -0.2) is 0 Å². The highest BCUT2D eigenvalue weighted by atomic mass is 16.5. The molecular formula is C62H45NO. The lowest BCUT2D eigenvalue weighted by atomic mass is 9.53. The highest BCUT2D eigenvalue weighted by Crippen LogP contribution is 2.63. The van der Waals surface area contributed by atoms with Gasteiger partial charge in [0.25, 0.3) is 0 Å². The minimum Gasteiger partial charge on any atom is -0.456 e. The first kappa shape index (κ1) is 37.8. The number of hydrogen-bond acceptors (Lipinski definition) is 2. The molecule has 0 aromatic heterocycles. The van der Waals surface area contributed by atoms with Crippen molar-refractivity contribution in [1.29, 1.82) is 0 Å². The van der Waals surface area contributed by atoms with Gasteiger partial charge in [0, 0.05) is 39.2 Å². The predicted molar refractivity (Wildman–Crippen MR) is 265 cm³/mol. The van der Waals surface area contributed by atoms with Gasteiger partial charge in [-0.15, -0.1) is 0 Å². The van der Waals surface area contributed by atoms with Crippen molar-refractivity contribution < 1.29 is 4.74 Å². The molecule has 10 aromatic carbocycles. The monoisotopic (exact) mass is 819 g/mol. The molecule has 0 saturated heterocycles. The van der Waals surface area contributed by atoms with Crippen molar-refractivity contribution in [2.45, 2.75) is 24.7 Å². The van der Waals surface area contributed by atoms with E-state index < -0.39 is 5.41 Å². The van der Waals surface area contributed by atoms with Crippen LogP contribution in [0.4, 0.5) is 17.1 Å². The third-order valence-corrected chi connectivity index (χ3v) is 13.8. The van der Waals surface area contributed by atoms with Gasteiger partial charge in [0.15, 0.2) is 0 Å². The summed E-state index contributed by atoms with van der Waals surface area (Å²) in [6.45, 7) is 4.79. The summed E-state index contributed by atoms with van der Waals surface area (Å²) >= 11 is 0. The number of para-hydroxylation sites is 2. The molecule has 304 valence electrons. The first-order chi connectivity index (χ1) is 31.5. The standard InChI is InChI=1S/C62H45NO/c1-61(2)53-23-11-12-24-54(53)62(56-41-34-46-20-9-10-21-51(46)59(56)61)55-25-13-14-27-58(55)64-60-52(22-15-26-57(60)62)47-32-39-50(40-33-47)63(48-35-28-44(29-36-48)42-16-5-3-6-17-42)49-37-30-45(31-38-49)43-18-7-4-8-19-43/h3-41H,1-2H3. The smallest absolute Gasteiger partial charge is 0.140 e. The summed E-state index contributed by atoms with van der Waals surface area (Å²) in [5, 5.41) is 2.55. The summed E-state index contributed by atoms with van der Waals surface area (Å²) in [6.07, 6.45) is 0. The Balaban J connectivity index is 1.01. The van der Waals surface area contributed by atoms with E-state index in [1.807, 2.05) is 0 Å². The molecule has 10 aromatic rings. The van der Waals surface area contributed by atoms with E-state index in [2.05, 4.69) is 255 Å². The van der Waals surface area contributed by atoms with Crippen LogP contribution in [0.1, 0.15) is 47.2 Å². The van der Waals surface area contributed by atoms with E-state index in [4.69, 9.17) is 4.74 Å². The fourth-order valence-corrected chi connectivity index (χ4v) is 10.9. The quantitative estimate of drug-likeness (QED) is 0.166. The van der Waals surface area contributed by atoms with E-state index in [0.29, 0.717) is 0 Å². The van der Waals surface area contributed by atoms with Crippen molar-refractivity contribution in [3.05, 3.63) is 270 Å². The molecule has 0 bridgehead atoms. The summed E-state index contributed by atoms with van der Waals surface area (Å²) in [6, 6.07) is 86.1. The molecule has 1 aliphatic heterocycles. The topological polar surface area (TPSA) is 12.5 Å². The van der Waals surface area contributed by atoms with Gasteiger partial charge in [-0.2, -0.15) is 0 Å². The molecule has 2 nitrogen and oxygen atoms in total. The van der Waals surface area contributed by atoms with Gasteiger partial charge in [0.05, 0.1) is 5.41 Å². The fourth-order valence-electron chi connectivity index (χ4n) is 10.9.